The molecule has 0 heterocycles. The van der Waals surface area contributed by atoms with Gasteiger partial charge in [-0.25, -0.2) is 0 Å². The van der Waals surface area contributed by atoms with Crippen molar-refractivity contribution >= 4 is 35.0 Å². The molecule has 0 spiro atoms. The Kier molecular flexibility index (Phi) is 12.3. The van der Waals surface area contributed by atoms with E-state index in [4.69, 9.17) is 0 Å². The normalized spacial score (nSPS) is 10.8. The van der Waals surface area contributed by atoms with Crippen molar-refractivity contribution in [2.75, 3.05) is 10.6 Å². The van der Waals surface area contributed by atoms with E-state index in [1.54, 1.807) is 48.5 Å². The molecule has 0 atom stereocenters. The molecule has 0 bridgehead atoms. The maximum Gasteiger partial charge on any atom is 0.251 e. The number of hydrogen-bond donors (Lipinski definition) is 4. The number of anilines is 2. The molecule has 2 rings (SSSR count). The van der Waals surface area contributed by atoms with Crippen molar-refractivity contribution in [3.63, 3.8) is 0 Å². The van der Waals surface area contributed by atoms with E-state index in [2.05, 4.69) is 21.3 Å². The molecule has 2 aromatic rings. The van der Waals surface area contributed by atoms with Crippen LogP contribution in [-0.2, 0) is 9.59 Å². The number of amides is 4. The molecule has 0 saturated heterocycles. The van der Waals surface area contributed by atoms with Crippen LogP contribution in [-0.4, -0.2) is 35.7 Å². The monoisotopic (exact) mass is 508 g/mol. The van der Waals surface area contributed by atoms with Crippen molar-refractivity contribution in [3.8, 4) is 0 Å². The lowest BCUT2D eigenvalue weighted by molar-refractivity contribution is -0.117. The van der Waals surface area contributed by atoms with Crippen LogP contribution in [0.1, 0.15) is 93.4 Å². The third-order valence-electron chi connectivity index (χ3n) is 5.46. The van der Waals surface area contributed by atoms with E-state index in [0.717, 1.165) is 32.1 Å². The molecule has 37 heavy (non-hydrogen) atoms. The van der Waals surface area contributed by atoms with E-state index < -0.39 is 0 Å². The number of unbranched alkanes of at least 4 members (excludes halogenated alkanes) is 4. The second kappa shape index (κ2) is 15.4. The largest absolute Gasteiger partial charge is 0.350 e. The molecule has 8 heteroatoms. The first kappa shape index (κ1) is 29.5. The van der Waals surface area contributed by atoms with Crippen molar-refractivity contribution in [2.45, 2.75) is 84.7 Å². The Bertz CT molecular complexity index is 982. The highest BCUT2D eigenvalue weighted by Crippen LogP contribution is 2.14. The second-order valence-corrected chi connectivity index (χ2v) is 9.78. The zero-order chi connectivity index (χ0) is 27.2. The summed E-state index contributed by atoms with van der Waals surface area (Å²) in [6.45, 7) is 7.59. The molecule has 0 aliphatic heterocycles. The Morgan fingerprint density at radius 2 is 0.973 bits per heavy atom. The summed E-state index contributed by atoms with van der Waals surface area (Å²) < 4.78 is 0. The molecule has 8 nitrogen and oxygen atoms in total. The van der Waals surface area contributed by atoms with Crippen molar-refractivity contribution in [3.05, 3.63) is 59.7 Å². The Morgan fingerprint density at radius 1 is 0.595 bits per heavy atom. The van der Waals surface area contributed by atoms with Crippen molar-refractivity contribution in [1.29, 1.82) is 0 Å². The van der Waals surface area contributed by atoms with Crippen LogP contribution in [0.15, 0.2) is 48.5 Å². The Hall–Kier alpha value is -3.68. The van der Waals surface area contributed by atoms with E-state index in [1.807, 2.05) is 27.7 Å². The Morgan fingerprint density at radius 3 is 1.35 bits per heavy atom. The average molecular weight is 509 g/mol. The number of hydrogen-bond acceptors (Lipinski definition) is 4. The molecule has 4 amide bonds. The maximum atomic E-state index is 12.3. The molecule has 0 radical (unpaired) electrons. The van der Waals surface area contributed by atoms with Gasteiger partial charge >= 0.3 is 0 Å². The number of rotatable bonds is 14. The van der Waals surface area contributed by atoms with E-state index in [9.17, 15) is 19.2 Å². The van der Waals surface area contributed by atoms with Crippen LogP contribution in [0.5, 0.6) is 0 Å². The van der Waals surface area contributed by atoms with E-state index in [0.29, 0.717) is 35.3 Å². The molecule has 0 aromatic heterocycles. The number of carbonyl (C=O) groups is 4. The summed E-state index contributed by atoms with van der Waals surface area (Å²) in [5.41, 5.74) is 2.25. The van der Waals surface area contributed by atoms with Gasteiger partial charge in [-0.2, -0.15) is 0 Å². The molecule has 0 fully saturated rings. The van der Waals surface area contributed by atoms with Gasteiger partial charge in [0.25, 0.3) is 11.8 Å². The molecule has 0 aliphatic rings. The Labute approximate surface area is 220 Å². The zero-order valence-corrected chi connectivity index (χ0v) is 22.4. The van der Waals surface area contributed by atoms with Crippen LogP contribution in [0.2, 0.25) is 0 Å². The summed E-state index contributed by atoms with van der Waals surface area (Å²) in [4.78, 5) is 48.8. The average Bonchev–Trinajstić information content (AvgIpc) is 2.83. The van der Waals surface area contributed by atoms with Gasteiger partial charge in [0.15, 0.2) is 0 Å². The van der Waals surface area contributed by atoms with Gasteiger partial charge in [-0.15, -0.1) is 0 Å². The minimum absolute atomic E-state index is 0.0429. The molecule has 4 N–H and O–H groups in total. The van der Waals surface area contributed by atoms with Gasteiger partial charge in [0.2, 0.25) is 11.8 Å². The first-order valence-electron chi connectivity index (χ1n) is 13.1. The lowest BCUT2D eigenvalue weighted by Crippen LogP contribution is -2.30. The van der Waals surface area contributed by atoms with Gasteiger partial charge in [0.1, 0.15) is 0 Å². The second-order valence-electron chi connectivity index (χ2n) is 9.78. The first-order chi connectivity index (χ1) is 17.6. The number of carbonyl (C=O) groups excluding carboxylic acids is 4. The molecule has 0 aliphatic carbocycles. The fourth-order valence-electron chi connectivity index (χ4n) is 3.72. The topological polar surface area (TPSA) is 116 Å². The van der Waals surface area contributed by atoms with Gasteiger partial charge in [0, 0.05) is 47.4 Å². The Balaban J connectivity index is 1.61. The number of nitrogens with one attached hydrogen (secondary N) is 4. The van der Waals surface area contributed by atoms with Gasteiger partial charge < -0.3 is 21.3 Å². The summed E-state index contributed by atoms with van der Waals surface area (Å²) in [5, 5.41) is 11.4. The maximum absolute atomic E-state index is 12.3. The third kappa shape index (κ3) is 11.7. The van der Waals surface area contributed by atoms with Crippen LogP contribution in [0.25, 0.3) is 0 Å². The fourth-order valence-corrected chi connectivity index (χ4v) is 3.72. The van der Waals surface area contributed by atoms with Gasteiger partial charge in [-0.05, 0) is 76.9 Å². The summed E-state index contributed by atoms with van der Waals surface area (Å²) in [6, 6.07) is 13.9. The van der Waals surface area contributed by atoms with E-state index >= 15 is 0 Å². The quantitative estimate of drug-likeness (QED) is 0.260. The summed E-state index contributed by atoms with van der Waals surface area (Å²) in [6.07, 6.45) is 5.08. The predicted octanol–water partition coefficient (Wildman–Crippen LogP) is 5.27. The SMILES string of the molecule is CC(C)NC(=O)c1cccc(NC(=O)CCCCCCCC(=O)Nc2cccc(C(=O)NC(C)C)c2)c1. The van der Waals surface area contributed by atoms with Crippen molar-refractivity contribution in [2.24, 2.45) is 0 Å². The van der Waals surface area contributed by atoms with E-state index in [-0.39, 0.29) is 35.7 Å². The first-order valence-corrected chi connectivity index (χ1v) is 13.1. The molecule has 0 saturated carbocycles. The highest BCUT2D eigenvalue weighted by molar-refractivity contribution is 5.98. The number of benzene rings is 2. The summed E-state index contributed by atoms with van der Waals surface area (Å²) >= 11 is 0. The van der Waals surface area contributed by atoms with Crippen molar-refractivity contribution in [1.82, 2.24) is 10.6 Å². The minimum atomic E-state index is -0.165. The molecular formula is C29H40N4O4. The lowest BCUT2D eigenvalue weighted by Gasteiger charge is -2.10. The van der Waals surface area contributed by atoms with Crippen LogP contribution in [0, 0.1) is 0 Å². The highest BCUT2D eigenvalue weighted by atomic mass is 16.2. The summed E-state index contributed by atoms with van der Waals surface area (Å²) in [7, 11) is 0. The van der Waals surface area contributed by atoms with Crippen LogP contribution in [0.3, 0.4) is 0 Å². The van der Waals surface area contributed by atoms with Gasteiger partial charge in [0.05, 0.1) is 0 Å². The molecular weight excluding hydrogens is 468 g/mol. The molecule has 0 unspecified atom stereocenters. The van der Waals surface area contributed by atoms with Crippen LogP contribution in [0.4, 0.5) is 11.4 Å². The van der Waals surface area contributed by atoms with Crippen LogP contribution >= 0.6 is 0 Å². The molecule has 200 valence electrons. The fraction of sp³-hybridized carbons (Fsp3) is 0.448. The smallest absolute Gasteiger partial charge is 0.251 e. The molecule has 2 aromatic carbocycles. The minimum Gasteiger partial charge on any atom is -0.350 e. The van der Waals surface area contributed by atoms with Crippen molar-refractivity contribution < 1.29 is 19.2 Å². The van der Waals surface area contributed by atoms with Gasteiger partial charge in [-0.1, -0.05) is 31.4 Å². The van der Waals surface area contributed by atoms with E-state index in [1.165, 1.54) is 0 Å². The zero-order valence-electron chi connectivity index (χ0n) is 22.4. The summed E-state index contributed by atoms with van der Waals surface area (Å²) in [5.74, 6) is -0.486. The van der Waals surface area contributed by atoms with Gasteiger partial charge in [-0.3, -0.25) is 19.2 Å². The standard InChI is InChI=1S/C29H40N4O4/c1-20(2)30-28(36)22-12-10-14-24(18-22)32-26(34)16-8-6-5-7-9-17-27(35)33-25-15-11-13-23(19-25)29(37)31-21(3)4/h10-15,18-21H,5-9,16-17H2,1-4H3,(H,30,36)(H,31,37)(H,32,34)(H,33,35). The van der Waals surface area contributed by atoms with Crippen LogP contribution < -0.4 is 21.3 Å². The predicted molar refractivity (Wildman–Crippen MR) is 148 cm³/mol. The highest BCUT2D eigenvalue weighted by Gasteiger charge is 2.10. The lowest BCUT2D eigenvalue weighted by atomic mass is 10.1. The third-order valence-corrected chi connectivity index (χ3v) is 5.46.